The fourth-order valence-corrected chi connectivity index (χ4v) is 3.28. The first-order valence-corrected chi connectivity index (χ1v) is 8.91. The van der Waals surface area contributed by atoms with E-state index in [0.29, 0.717) is 6.54 Å². The Kier molecular flexibility index (Phi) is 5.39. The Morgan fingerprint density at radius 1 is 1.15 bits per heavy atom. The van der Waals surface area contributed by atoms with Gasteiger partial charge in [0.1, 0.15) is 0 Å². The smallest absolute Gasteiger partial charge is 0.340 e. The quantitative estimate of drug-likeness (QED) is 0.581. The summed E-state index contributed by atoms with van der Waals surface area (Å²) in [5.74, 6) is -1.11. The van der Waals surface area contributed by atoms with Crippen LogP contribution in [-0.2, 0) is 14.9 Å². The highest BCUT2D eigenvalue weighted by molar-refractivity contribution is 6.37. The first-order valence-electron chi connectivity index (χ1n) is 8.15. The Morgan fingerprint density at radius 3 is 2.50 bits per heavy atom. The minimum atomic E-state index is -0.744. The van der Waals surface area contributed by atoms with Gasteiger partial charge in [-0.2, -0.15) is 0 Å². The van der Waals surface area contributed by atoms with Crippen molar-refractivity contribution in [2.75, 3.05) is 18.9 Å². The first-order chi connectivity index (χ1) is 12.4. The topological polar surface area (TPSA) is 81.4 Å². The molecule has 26 heavy (non-hydrogen) atoms. The molecule has 0 unspecified atom stereocenters. The molecule has 0 radical (unpaired) electrons. The minimum absolute atomic E-state index is 0.00810. The lowest BCUT2D eigenvalue weighted by Crippen LogP contribution is -2.35. The second kappa shape index (κ2) is 7.56. The molecule has 0 atom stereocenters. The average molecular weight is 393 g/mol. The SMILES string of the molecule is Nc1c(Cl)cc(Cl)cc1C(=O)OCC(=O)NCC1(c2ccccc2)CC1. The summed E-state index contributed by atoms with van der Waals surface area (Å²) in [5, 5.41) is 3.25. The lowest BCUT2D eigenvalue weighted by molar-refractivity contribution is -0.124. The van der Waals surface area contributed by atoms with E-state index in [2.05, 4.69) is 17.4 Å². The molecule has 0 spiro atoms. The zero-order valence-electron chi connectivity index (χ0n) is 13.9. The van der Waals surface area contributed by atoms with E-state index in [9.17, 15) is 9.59 Å². The van der Waals surface area contributed by atoms with Crippen molar-refractivity contribution in [2.45, 2.75) is 18.3 Å². The van der Waals surface area contributed by atoms with Gasteiger partial charge < -0.3 is 15.8 Å². The maximum absolute atomic E-state index is 12.1. The minimum Gasteiger partial charge on any atom is -0.452 e. The van der Waals surface area contributed by atoms with Crippen molar-refractivity contribution in [3.63, 3.8) is 0 Å². The molecule has 5 nitrogen and oxygen atoms in total. The van der Waals surface area contributed by atoms with Crippen molar-refractivity contribution >= 4 is 40.8 Å². The summed E-state index contributed by atoms with van der Waals surface area (Å²) in [5.41, 5.74) is 7.07. The van der Waals surface area contributed by atoms with Gasteiger partial charge in [-0.1, -0.05) is 53.5 Å². The summed E-state index contributed by atoms with van der Waals surface area (Å²) in [6.07, 6.45) is 2.04. The third-order valence-corrected chi connectivity index (χ3v) is 5.04. The fraction of sp³-hybridized carbons (Fsp3) is 0.263. The molecule has 0 heterocycles. The average Bonchev–Trinajstić information content (AvgIpc) is 3.43. The maximum Gasteiger partial charge on any atom is 0.340 e. The Morgan fingerprint density at radius 2 is 1.85 bits per heavy atom. The normalized spacial score (nSPS) is 14.5. The third-order valence-electron chi connectivity index (χ3n) is 4.51. The summed E-state index contributed by atoms with van der Waals surface area (Å²) in [6.45, 7) is 0.117. The standard InChI is InChI=1S/C19H18Cl2N2O3/c20-13-8-14(17(22)15(21)9-13)18(25)26-10-16(24)23-11-19(6-7-19)12-4-2-1-3-5-12/h1-5,8-9H,6-7,10-11,22H2,(H,23,24). The molecule has 1 fully saturated rings. The summed E-state index contributed by atoms with van der Waals surface area (Å²) < 4.78 is 5.02. The lowest BCUT2D eigenvalue weighted by Gasteiger charge is -2.16. The van der Waals surface area contributed by atoms with E-state index in [-0.39, 0.29) is 32.6 Å². The number of benzene rings is 2. The Hall–Kier alpha value is -2.24. The molecule has 3 N–H and O–H groups in total. The zero-order chi connectivity index (χ0) is 18.7. The van der Waals surface area contributed by atoms with Gasteiger partial charge in [-0.25, -0.2) is 4.79 Å². The van der Waals surface area contributed by atoms with Crippen molar-refractivity contribution in [3.05, 3.63) is 63.6 Å². The number of nitrogen functional groups attached to an aromatic ring is 1. The zero-order valence-corrected chi connectivity index (χ0v) is 15.4. The number of ether oxygens (including phenoxy) is 1. The molecule has 0 bridgehead atoms. The number of rotatable bonds is 6. The molecule has 2 aromatic rings. The van der Waals surface area contributed by atoms with Crippen LogP contribution in [0, 0.1) is 0 Å². The number of esters is 1. The molecule has 0 aromatic heterocycles. The molecule has 2 aromatic carbocycles. The van der Waals surface area contributed by atoms with Gasteiger partial charge in [0, 0.05) is 17.0 Å². The first kappa shape index (κ1) is 18.5. The molecule has 136 valence electrons. The second-order valence-electron chi connectivity index (χ2n) is 6.35. The van der Waals surface area contributed by atoms with Crippen LogP contribution in [-0.4, -0.2) is 25.0 Å². The second-order valence-corrected chi connectivity index (χ2v) is 7.19. The molecule has 3 rings (SSSR count). The number of anilines is 1. The molecule has 1 amide bonds. The van der Waals surface area contributed by atoms with Crippen LogP contribution in [0.25, 0.3) is 0 Å². The number of nitrogens with two attached hydrogens (primary N) is 1. The molecule has 1 aliphatic rings. The van der Waals surface area contributed by atoms with Crippen LogP contribution in [0.15, 0.2) is 42.5 Å². The van der Waals surface area contributed by atoms with Crippen LogP contribution < -0.4 is 11.1 Å². The molecular weight excluding hydrogens is 375 g/mol. The Labute approximate surface area is 161 Å². The molecular formula is C19H18Cl2N2O3. The summed E-state index contributed by atoms with van der Waals surface area (Å²) in [4.78, 5) is 24.1. The van der Waals surface area contributed by atoms with Gasteiger partial charge >= 0.3 is 5.97 Å². The van der Waals surface area contributed by atoms with E-state index < -0.39 is 12.6 Å². The molecule has 1 saturated carbocycles. The summed E-state index contributed by atoms with van der Waals surface area (Å²) in [7, 11) is 0. The van der Waals surface area contributed by atoms with Crippen LogP contribution in [0.5, 0.6) is 0 Å². The van der Waals surface area contributed by atoms with Crippen LogP contribution >= 0.6 is 23.2 Å². The lowest BCUT2D eigenvalue weighted by atomic mass is 9.96. The Bertz CT molecular complexity index is 836. The van der Waals surface area contributed by atoms with Crippen molar-refractivity contribution in [1.29, 1.82) is 0 Å². The van der Waals surface area contributed by atoms with E-state index in [1.54, 1.807) is 0 Å². The number of halogens is 2. The van der Waals surface area contributed by atoms with Gasteiger partial charge in [0.25, 0.3) is 5.91 Å². The van der Waals surface area contributed by atoms with Gasteiger partial charge in [-0.15, -0.1) is 0 Å². The number of carbonyl (C=O) groups excluding carboxylic acids is 2. The summed E-state index contributed by atoms with van der Waals surface area (Å²) >= 11 is 11.8. The van der Waals surface area contributed by atoms with E-state index in [0.717, 1.165) is 12.8 Å². The van der Waals surface area contributed by atoms with Gasteiger partial charge in [-0.05, 0) is 30.5 Å². The highest BCUT2D eigenvalue weighted by atomic mass is 35.5. The predicted molar refractivity (Wildman–Crippen MR) is 102 cm³/mol. The highest BCUT2D eigenvalue weighted by Crippen LogP contribution is 2.47. The molecule has 7 heteroatoms. The number of nitrogens with one attached hydrogen (secondary N) is 1. The van der Waals surface area contributed by atoms with Crippen molar-refractivity contribution < 1.29 is 14.3 Å². The number of hydrogen-bond acceptors (Lipinski definition) is 4. The third kappa shape index (κ3) is 4.11. The number of hydrogen-bond donors (Lipinski definition) is 2. The van der Waals surface area contributed by atoms with Crippen molar-refractivity contribution in [2.24, 2.45) is 0 Å². The monoisotopic (exact) mass is 392 g/mol. The molecule has 0 saturated heterocycles. The van der Waals surface area contributed by atoms with Crippen molar-refractivity contribution in [1.82, 2.24) is 5.32 Å². The maximum atomic E-state index is 12.1. The van der Waals surface area contributed by atoms with Crippen molar-refractivity contribution in [3.8, 4) is 0 Å². The van der Waals surface area contributed by atoms with Gasteiger partial charge in [0.2, 0.25) is 0 Å². The van der Waals surface area contributed by atoms with E-state index >= 15 is 0 Å². The van der Waals surface area contributed by atoms with E-state index in [1.165, 1.54) is 17.7 Å². The van der Waals surface area contributed by atoms with Gasteiger partial charge in [-0.3, -0.25) is 4.79 Å². The number of amides is 1. The van der Waals surface area contributed by atoms with Gasteiger partial charge in [0.15, 0.2) is 6.61 Å². The van der Waals surface area contributed by atoms with Crippen LogP contribution in [0.3, 0.4) is 0 Å². The summed E-state index contributed by atoms with van der Waals surface area (Å²) in [6, 6.07) is 12.8. The molecule has 0 aliphatic heterocycles. The predicted octanol–water partition coefficient (Wildman–Crippen LogP) is 3.58. The highest BCUT2D eigenvalue weighted by Gasteiger charge is 2.44. The van der Waals surface area contributed by atoms with E-state index in [4.69, 9.17) is 33.7 Å². The van der Waals surface area contributed by atoms with Gasteiger partial charge in [0.05, 0.1) is 16.3 Å². The molecule has 1 aliphatic carbocycles. The van der Waals surface area contributed by atoms with Crippen LogP contribution in [0.2, 0.25) is 10.0 Å². The number of carbonyl (C=O) groups is 2. The van der Waals surface area contributed by atoms with Crippen LogP contribution in [0.4, 0.5) is 5.69 Å². The Balaban J connectivity index is 1.53. The van der Waals surface area contributed by atoms with Crippen LogP contribution in [0.1, 0.15) is 28.8 Å². The fourth-order valence-electron chi connectivity index (χ4n) is 2.79. The van der Waals surface area contributed by atoms with E-state index in [1.807, 2.05) is 18.2 Å². The largest absolute Gasteiger partial charge is 0.452 e.